The standard InChI is InChI=1S/C17H9FNO.C11H8N.Ir/c18-13-9-8-11(14-6-3-4-10-19-14)17-16(13)12-5-1-2-7-15(12)20-17;1-2-6-10(7-3-1)11-8-4-5-9-12-11;/h1-7,9-10H;1-6,8-9H;/q2*-1;. The van der Waals surface area contributed by atoms with E-state index in [1.165, 1.54) is 6.07 Å². The SMILES string of the molecule is Fc1c[c-]c(-c2ccccn2)c2oc3ccccc3c12.[Ir].[c-]1ccccc1-c1ccccn1. The number of fused-ring (bicyclic) bond motifs is 3. The Morgan fingerprint density at radius 3 is 2.12 bits per heavy atom. The second-order valence-corrected chi connectivity index (χ2v) is 7.02. The molecule has 0 atom stereocenters. The molecule has 1 radical (unpaired) electrons. The quantitative estimate of drug-likeness (QED) is 0.196. The maximum Gasteiger partial charge on any atom is 0.121 e. The van der Waals surface area contributed by atoms with Crippen molar-refractivity contribution in [3.63, 3.8) is 0 Å². The van der Waals surface area contributed by atoms with E-state index in [1.54, 1.807) is 12.4 Å². The third kappa shape index (κ3) is 4.75. The monoisotopic (exact) mass is 609 g/mol. The maximum atomic E-state index is 14.1. The molecule has 5 heteroatoms. The van der Waals surface area contributed by atoms with Gasteiger partial charge in [0.1, 0.15) is 5.58 Å². The number of aromatic nitrogens is 2. The van der Waals surface area contributed by atoms with Crippen LogP contribution in [0, 0.1) is 17.9 Å². The van der Waals surface area contributed by atoms with Crippen LogP contribution in [0.1, 0.15) is 0 Å². The molecule has 0 amide bonds. The molecular formula is C28H17FIrN2O-2. The first-order valence-corrected chi connectivity index (χ1v) is 10.1. The fourth-order valence-electron chi connectivity index (χ4n) is 3.51. The van der Waals surface area contributed by atoms with Crippen molar-refractivity contribution in [1.82, 2.24) is 9.97 Å². The molecule has 3 aromatic heterocycles. The van der Waals surface area contributed by atoms with E-state index in [0.29, 0.717) is 22.1 Å². The fraction of sp³-hybridized carbons (Fsp3) is 0. The number of pyridine rings is 2. The zero-order valence-electron chi connectivity index (χ0n) is 17.3. The van der Waals surface area contributed by atoms with Crippen LogP contribution in [-0.4, -0.2) is 9.97 Å². The van der Waals surface area contributed by atoms with Crippen LogP contribution in [0.25, 0.3) is 44.5 Å². The van der Waals surface area contributed by atoms with Gasteiger partial charge >= 0.3 is 0 Å². The molecule has 6 rings (SSSR count). The van der Waals surface area contributed by atoms with Crippen LogP contribution < -0.4 is 0 Å². The molecule has 0 aliphatic heterocycles. The van der Waals surface area contributed by atoms with Gasteiger partial charge in [0, 0.05) is 43.7 Å². The van der Waals surface area contributed by atoms with Crippen molar-refractivity contribution in [3.8, 4) is 22.5 Å². The molecule has 3 nitrogen and oxygen atoms in total. The number of hydrogen-bond donors (Lipinski definition) is 0. The minimum atomic E-state index is -0.329. The van der Waals surface area contributed by atoms with Gasteiger partial charge in [-0.1, -0.05) is 48.0 Å². The third-order valence-electron chi connectivity index (χ3n) is 4.98. The molecule has 0 N–H and O–H groups in total. The predicted octanol–water partition coefficient (Wildman–Crippen LogP) is 7.13. The number of benzene rings is 3. The van der Waals surface area contributed by atoms with Crippen LogP contribution in [0.3, 0.4) is 0 Å². The van der Waals surface area contributed by atoms with Gasteiger partial charge in [-0.05, 0) is 35.0 Å². The van der Waals surface area contributed by atoms with Gasteiger partial charge in [-0.2, -0.15) is 0 Å². The predicted molar refractivity (Wildman–Crippen MR) is 124 cm³/mol. The van der Waals surface area contributed by atoms with Crippen LogP contribution in [0.5, 0.6) is 0 Å². The van der Waals surface area contributed by atoms with E-state index in [0.717, 1.165) is 22.3 Å². The average molecular weight is 609 g/mol. The van der Waals surface area contributed by atoms with E-state index in [-0.39, 0.29) is 25.9 Å². The smallest absolute Gasteiger partial charge is 0.121 e. The molecule has 0 unspecified atom stereocenters. The molecule has 0 spiro atoms. The van der Waals surface area contributed by atoms with Gasteiger partial charge < -0.3 is 14.4 Å². The van der Waals surface area contributed by atoms with Crippen LogP contribution in [0.2, 0.25) is 0 Å². The summed E-state index contributed by atoms with van der Waals surface area (Å²) in [6.45, 7) is 0. The molecule has 6 aromatic rings. The van der Waals surface area contributed by atoms with E-state index < -0.39 is 0 Å². The van der Waals surface area contributed by atoms with Crippen molar-refractivity contribution in [3.05, 3.63) is 121 Å². The van der Waals surface area contributed by atoms with E-state index >= 15 is 0 Å². The molecule has 3 aromatic carbocycles. The first kappa shape index (κ1) is 22.5. The Morgan fingerprint density at radius 2 is 1.42 bits per heavy atom. The average Bonchev–Trinajstić information content (AvgIpc) is 3.27. The van der Waals surface area contributed by atoms with Gasteiger partial charge in [0.05, 0.1) is 5.58 Å². The molecule has 163 valence electrons. The number of halogens is 1. The van der Waals surface area contributed by atoms with E-state index in [1.807, 2.05) is 84.9 Å². The topological polar surface area (TPSA) is 38.9 Å². The Kier molecular flexibility index (Phi) is 7.04. The molecule has 0 aliphatic carbocycles. The summed E-state index contributed by atoms with van der Waals surface area (Å²) in [5.74, 6) is -0.329. The van der Waals surface area contributed by atoms with E-state index in [2.05, 4.69) is 22.1 Å². The van der Waals surface area contributed by atoms with Crippen molar-refractivity contribution < 1.29 is 28.9 Å². The Hall–Kier alpha value is -3.66. The van der Waals surface area contributed by atoms with Gasteiger partial charge in [-0.25, -0.2) is 0 Å². The summed E-state index contributed by atoms with van der Waals surface area (Å²) in [4.78, 5) is 8.50. The largest absolute Gasteiger partial charge is 0.500 e. The number of rotatable bonds is 2. The normalized spacial score (nSPS) is 10.3. The van der Waals surface area contributed by atoms with Crippen molar-refractivity contribution in [2.75, 3.05) is 0 Å². The molecule has 0 aliphatic rings. The van der Waals surface area contributed by atoms with Gasteiger partial charge in [-0.3, -0.25) is 4.39 Å². The number of nitrogens with zero attached hydrogens (tertiary/aromatic N) is 2. The van der Waals surface area contributed by atoms with Crippen LogP contribution in [0.4, 0.5) is 4.39 Å². The van der Waals surface area contributed by atoms with Gasteiger partial charge in [0.25, 0.3) is 0 Å². The molecule has 0 fully saturated rings. The molecular weight excluding hydrogens is 592 g/mol. The van der Waals surface area contributed by atoms with Crippen LogP contribution >= 0.6 is 0 Å². The molecule has 0 saturated carbocycles. The maximum absolute atomic E-state index is 14.1. The molecule has 3 heterocycles. The van der Waals surface area contributed by atoms with Gasteiger partial charge in [0.15, 0.2) is 0 Å². The minimum Gasteiger partial charge on any atom is -0.500 e. The van der Waals surface area contributed by atoms with E-state index in [9.17, 15) is 4.39 Å². The first-order valence-electron chi connectivity index (χ1n) is 10.1. The summed E-state index contributed by atoms with van der Waals surface area (Å²) in [7, 11) is 0. The second-order valence-electron chi connectivity index (χ2n) is 7.02. The summed E-state index contributed by atoms with van der Waals surface area (Å²) in [5, 5.41) is 1.26. The van der Waals surface area contributed by atoms with Gasteiger partial charge in [0.2, 0.25) is 0 Å². The first-order chi connectivity index (χ1) is 15.8. The second kappa shape index (κ2) is 10.3. The minimum absolute atomic E-state index is 0. The Bertz CT molecular complexity index is 1430. The van der Waals surface area contributed by atoms with Crippen LogP contribution in [0.15, 0.2) is 108 Å². The molecule has 0 saturated heterocycles. The summed E-state index contributed by atoms with van der Waals surface area (Å²) in [6.07, 6.45) is 3.48. The zero-order valence-corrected chi connectivity index (χ0v) is 19.7. The fourth-order valence-corrected chi connectivity index (χ4v) is 3.51. The Labute approximate surface area is 204 Å². The van der Waals surface area contributed by atoms with Crippen LogP contribution in [-0.2, 0) is 20.1 Å². The van der Waals surface area contributed by atoms with Crippen molar-refractivity contribution >= 4 is 21.9 Å². The summed E-state index contributed by atoms with van der Waals surface area (Å²) >= 11 is 0. The Balaban J connectivity index is 0.000000172. The molecule has 33 heavy (non-hydrogen) atoms. The van der Waals surface area contributed by atoms with Crippen molar-refractivity contribution in [2.24, 2.45) is 0 Å². The van der Waals surface area contributed by atoms with Crippen molar-refractivity contribution in [2.45, 2.75) is 0 Å². The Morgan fingerprint density at radius 1 is 0.727 bits per heavy atom. The number of para-hydroxylation sites is 1. The van der Waals surface area contributed by atoms with E-state index in [4.69, 9.17) is 4.42 Å². The third-order valence-corrected chi connectivity index (χ3v) is 4.98. The summed E-state index contributed by atoms with van der Waals surface area (Å²) in [6, 6.07) is 34.1. The van der Waals surface area contributed by atoms with Gasteiger partial charge in [-0.15, -0.1) is 48.0 Å². The summed E-state index contributed by atoms with van der Waals surface area (Å²) < 4.78 is 19.9. The number of hydrogen-bond acceptors (Lipinski definition) is 3. The zero-order chi connectivity index (χ0) is 21.8. The van der Waals surface area contributed by atoms with Crippen molar-refractivity contribution in [1.29, 1.82) is 0 Å². The molecule has 0 bridgehead atoms. The number of furan rings is 1. The summed E-state index contributed by atoms with van der Waals surface area (Å²) in [5.41, 5.74) is 4.56.